The third kappa shape index (κ3) is 4.98. The van der Waals surface area contributed by atoms with E-state index in [1.54, 1.807) is 17.1 Å². The third-order valence-corrected chi connectivity index (χ3v) is 1.63. The van der Waals surface area contributed by atoms with Gasteiger partial charge in [0.2, 0.25) is 12.2 Å². The summed E-state index contributed by atoms with van der Waals surface area (Å²) < 4.78 is 28.4. The molecule has 0 saturated heterocycles. The zero-order chi connectivity index (χ0) is 9.19. The number of aromatic nitrogens is 2. The normalized spacial score (nSPS) is 11.1. The fourth-order valence-corrected chi connectivity index (χ4v) is 0.959. The Morgan fingerprint density at radius 1 is 1.46 bits per heavy atom. The molecule has 0 aliphatic heterocycles. The molecule has 1 rings (SSSR count). The Bertz CT molecular complexity index is 255. The SMILES string of the molecule is C[n+]1ccn(CCC(C)(F)F)c1.[Br-]. The molecular weight excluding hydrogens is 242 g/mol. The van der Waals surface area contributed by atoms with Crippen LogP contribution in [0, 0.1) is 0 Å². The van der Waals surface area contributed by atoms with Crippen molar-refractivity contribution in [3.63, 3.8) is 0 Å². The van der Waals surface area contributed by atoms with E-state index in [9.17, 15) is 8.78 Å². The van der Waals surface area contributed by atoms with Gasteiger partial charge in [0.05, 0.1) is 13.6 Å². The van der Waals surface area contributed by atoms with Crippen LogP contribution in [0.1, 0.15) is 13.3 Å². The summed E-state index contributed by atoms with van der Waals surface area (Å²) in [5.74, 6) is -2.57. The summed E-state index contributed by atoms with van der Waals surface area (Å²) in [6.07, 6.45) is 5.28. The number of rotatable bonds is 3. The Hall–Kier alpha value is -0.450. The number of aryl methyl sites for hydroxylation is 2. The Balaban J connectivity index is 0.00000144. The van der Waals surface area contributed by atoms with Crippen molar-refractivity contribution < 1.29 is 30.3 Å². The van der Waals surface area contributed by atoms with E-state index in [1.165, 1.54) is 0 Å². The van der Waals surface area contributed by atoms with Crippen molar-refractivity contribution in [1.29, 1.82) is 0 Å². The van der Waals surface area contributed by atoms with Crippen molar-refractivity contribution in [2.24, 2.45) is 7.05 Å². The van der Waals surface area contributed by atoms with Crippen LogP contribution in [-0.2, 0) is 13.6 Å². The second kappa shape index (κ2) is 4.69. The number of hydrogen-bond acceptors (Lipinski definition) is 0. The van der Waals surface area contributed by atoms with Gasteiger partial charge >= 0.3 is 0 Å². The van der Waals surface area contributed by atoms with Crippen LogP contribution in [0.15, 0.2) is 18.7 Å². The fourth-order valence-electron chi connectivity index (χ4n) is 0.959. The van der Waals surface area contributed by atoms with Gasteiger partial charge in [-0.25, -0.2) is 17.9 Å². The van der Waals surface area contributed by atoms with Crippen LogP contribution in [0.3, 0.4) is 0 Å². The van der Waals surface area contributed by atoms with Crippen LogP contribution >= 0.6 is 0 Å². The first-order valence-electron chi connectivity index (χ1n) is 3.86. The topological polar surface area (TPSA) is 8.81 Å². The van der Waals surface area contributed by atoms with E-state index in [0.717, 1.165) is 6.92 Å². The van der Waals surface area contributed by atoms with Crippen LogP contribution in [0.25, 0.3) is 0 Å². The minimum atomic E-state index is -2.57. The molecule has 0 amide bonds. The van der Waals surface area contributed by atoms with Crippen LogP contribution < -0.4 is 21.5 Å². The number of halogens is 3. The number of nitrogens with zero attached hydrogens (tertiary/aromatic N) is 2. The average molecular weight is 255 g/mol. The summed E-state index contributed by atoms with van der Waals surface area (Å²) in [6, 6.07) is 0. The molecule has 2 nitrogen and oxygen atoms in total. The molecule has 0 spiro atoms. The molecular formula is C8H13BrF2N2. The summed E-state index contributed by atoms with van der Waals surface area (Å²) in [6.45, 7) is 1.31. The Kier molecular flexibility index (Phi) is 4.53. The predicted octanol–water partition coefficient (Wildman–Crippen LogP) is -1.64. The highest BCUT2D eigenvalue weighted by molar-refractivity contribution is 4.68. The minimum Gasteiger partial charge on any atom is -1.00 e. The molecule has 13 heavy (non-hydrogen) atoms. The van der Waals surface area contributed by atoms with Gasteiger partial charge in [-0.2, -0.15) is 0 Å². The van der Waals surface area contributed by atoms with Crippen molar-refractivity contribution in [2.75, 3.05) is 0 Å². The summed E-state index contributed by atoms with van der Waals surface area (Å²) in [5, 5.41) is 0. The van der Waals surface area contributed by atoms with E-state index in [1.807, 2.05) is 17.8 Å². The van der Waals surface area contributed by atoms with Gasteiger partial charge in [-0.15, -0.1) is 0 Å². The van der Waals surface area contributed by atoms with Crippen molar-refractivity contribution in [3.05, 3.63) is 18.7 Å². The highest BCUT2D eigenvalue weighted by atomic mass is 79.9. The summed E-state index contributed by atoms with van der Waals surface area (Å²) in [5.41, 5.74) is 0. The molecule has 1 heterocycles. The van der Waals surface area contributed by atoms with E-state index >= 15 is 0 Å². The van der Waals surface area contributed by atoms with Crippen LogP contribution in [0.2, 0.25) is 0 Å². The molecule has 0 fully saturated rings. The van der Waals surface area contributed by atoms with E-state index in [4.69, 9.17) is 0 Å². The molecule has 0 atom stereocenters. The summed E-state index contributed by atoms with van der Waals surface area (Å²) in [7, 11) is 1.86. The maximum Gasteiger partial charge on any atom is 0.249 e. The number of alkyl halides is 2. The number of imidazole rings is 1. The van der Waals surface area contributed by atoms with Gasteiger partial charge in [0.15, 0.2) is 0 Å². The predicted molar refractivity (Wildman–Crippen MR) is 40.8 cm³/mol. The van der Waals surface area contributed by atoms with Gasteiger partial charge in [0.25, 0.3) is 0 Å². The summed E-state index contributed by atoms with van der Waals surface area (Å²) >= 11 is 0. The van der Waals surface area contributed by atoms with Crippen molar-refractivity contribution in [3.8, 4) is 0 Å². The van der Waals surface area contributed by atoms with Gasteiger partial charge in [-0.05, 0) is 6.92 Å². The smallest absolute Gasteiger partial charge is 0.249 e. The lowest BCUT2D eigenvalue weighted by molar-refractivity contribution is -0.671. The Labute approximate surface area is 86.9 Å². The standard InChI is InChI=1S/C8H13F2N2.BrH/c1-8(9,10)3-4-12-6-5-11(2)7-12;/h5-7H,3-4H2,1-2H3;1H/q+1;/p-1. The highest BCUT2D eigenvalue weighted by Gasteiger charge is 2.21. The van der Waals surface area contributed by atoms with Crippen molar-refractivity contribution in [2.45, 2.75) is 25.8 Å². The molecule has 0 N–H and O–H groups in total. The van der Waals surface area contributed by atoms with Gasteiger partial charge < -0.3 is 17.0 Å². The molecule has 1 aromatic heterocycles. The lowest BCUT2D eigenvalue weighted by atomic mass is 10.3. The van der Waals surface area contributed by atoms with Crippen LogP contribution in [0.4, 0.5) is 8.78 Å². The number of hydrogen-bond donors (Lipinski definition) is 0. The monoisotopic (exact) mass is 254 g/mol. The minimum absolute atomic E-state index is 0. The molecule has 0 radical (unpaired) electrons. The first kappa shape index (κ1) is 12.6. The van der Waals surface area contributed by atoms with Crippen LogP contribution in [-0.4, -0.2) is 10.5 Å². The van der Waals surface area contributed by atoms with Gasteiger partial charge in [-0.3, -0.25) is 0 Å². The summed E-state index contributed by atoms with van der Waals surface area (Å²) in [4.78, 5) is 0. The third-order valence-electron chi connectivity index (χ3n) is 1.63. The van der Waals surface area contributed by atoms with Crippen molar-refractivity contribution in [1.82, 2.24) is 4.57 Å². The maximum absolute atomic E-state index is 12.4. The molecule has 5 heteroatoms. The first-order valence-corrected chi connectivity index (χ1v) is 3.86. The molecule has 0 aromatic carbocycles. The average Bonchev–Trinajstić information content (AvgIpc) is 2.30. The molecule has 0 aliphatic rings. The Morgan fingerprint density at radius 2 is 2.08 bits per heavy atom. The van der Waals surface area contributed by atoms with Crippen LogP contribution in [0.5, 0.6) is 0 Å². The Morgan fingerprint density at radius 3 is 2.46 bits per heavy atom. The lowest BCUT2D eigenvalue weighted by Gasteiger charge is -2.06. The first-order chi connectivity index (χ1) is 5.47. The molecule has 0 bridgehead atoms. The highest BCUT2D eigenvalue weighted by Crippen LogP contribution is 2.16. The molecule has 1 aromatic rings. The molecule has 0 saturated carbocycles. The molecule has 76 valence electrons. The maximum atomic E-state index is 12.4. The second-order valence-electron chi connectivity index (χ2n) is 3.14. The van der Waals surface area contributed by atoms with Crippen molar-refractivity contribution >= 4 is 0 Å². The largest absolute Gasteiger partial charge is 1.00 e. The lowest BCUT2D eigenvalue weighted by Crippen LogP contribution is -3.00. The second-order valence-corrected chi connectivity index (χ2v) is 3.14. The molecule has 0 aliphatic carbocycles. The zero-order valence-electron chi connectivity index (χ0n) is 7.67. The molecule has 0 unspecified atom stereocenters. The van der Waals surface area contributed by atoms with E-state index in [0.29, 0.717) is 6.54 Å². The van der Waals surface area contributed by atoms with Gasteiger partial charge in [-0.1, -0.05) is 0 Å². The zero-order valence-corrected chi connectivity index (χ0v) is 9.26. The fraction of sp³-hybridized carbons (Fsp3) is 0.625. The van der Waals surface area contributed by atoms with E-state index in [-0.39, 0.29) is 23.4 Å². The quantitative estimate of drug-likeness (QED) is 0.573. The van der Waals surface area contributed by atoms with E-state index in [2.05, 4.69) is 0 Å². The van der Waals surface area contributed by atoms with Gasteiger partial charge in [0, 0.05) is 6.42 Å². The van der Waals surface area contributed by atoms with E-state index < -0.39 is 5.92 Å². The van der Waals surface area contributed by atoms with Gasteiger partial charge in [0.1, 0.15) is 12.4 Å².